The summed E-state index contributed by atoms with van der Waals surface area (Å²) in [5, 5.41) is 0. The van der Waals surface area contributed by atoms with Gasteiger partial charge in [-0.3, -0.25) is 9.69 Å². The van der Waals surface area contributed by atoms with E-state index >= 15 is 0 Å². The molecule has 1 aliphatic rings. The summed E-state index contributed by atoms with van der Waals surface area (Å²) in [6.07, 6.45) is 0.679. The van der Waals surface area contributed by atoms with Gasteiger partial charge in [0.2, 0.25) is 5.91 Å². The molecule has 0 N–H and O–H groups in total. The first kappa shape index (κ1) is 15.8. The van der Waals surface area contributed by atoms with Gasteiger partial charge in [0.1, 0.15) is 5.75 Å². The van der Waals surface area contributed by atoms with Crippen molar-refractivity contribution in [3.05, 3.63) is 29.8 Å². The summed E-state index contributed by atoms with van der Waals surface area (Å²) in [4.78, 5) is 16.2. The van der Waals surface area contributed by atoms with Gasteiger partial charge in [0.25, 0.3) is 0 Å². The molecule has 4 heteroatoms. The predicted molar refractivity (Wildman–Crippen MR) is 84.0 cm³/mol. The molecule has 0 radical (unpaired) electrons. The van der Waals surface area contributed by atoms with E-state index in [1.54, 1.807) is 0 Å². The molecule has 0 aliphatic carbocycles. The molecule has 0 aromatic heterocycles. The zero-order chi connectivity index (χ0) is 15.4. The van der Waals surface area contributed by atoms with Crippen LogP contribution in [0.4, 0.5) is 0 Å². The Hall–Kier alpha value is -1.55. The average Bonchev–Trinajstić information content (AvgIpc) is 2.68. The molecule has 0 spiro atoms. The summed E-state index contributed by atoms with van der Waals surface area (Å²) in [5.41, 5.74) is 1.23. The van der Waals surface area contributed by atoms with Gasteiger partial charge in [0.05, 0.1) is 13.3 Å². The lowest BCUT2D eigenvalue weighted by molar-refractivity contribution is -0.130. The van der Waals surface area contributed by atoms with Crippen molar-refractivity contribution in [2.75, 3.05) is 20.3 Å². The second-order valence-corrected chi connectivity index (χ2v) is 6.02. The van der Waals surface area contributed by atoms with E-state index in [2.05, 4.69) is 37.9 Å². The average molecular weight is 290 g/mol. The van der Waals surface area contributed by atoms with Crippen molar-refractivity contribution in [1.82, 2.24) is 9.80 Å². The van der Waals surface area contributed by atoms with Crippen LogP contribution in [0.15, 0.2) is 24.3 Å². The van der Waals surface area contributed by atoms with E-state index in [0.29, 0.717) is 31.7 Å². The third-order valence-corrected chi connectivity index (χ3v) is 4.21. The molecule has 2 rings (SSSR count). The van der Waals surface area contributed by atoms with Crippen LogP contribution in [0.25, 0.3) is 0 Å². The fourth-order valence-corrected chi connectivity index (χ4v) is 2.78. The molecule has 0 bridgehead atoms. The normalized spacial score (nSPS) is 22.1. The first-order chi connectivity index (χ1) is 10.0. The van der Waals surface area contributed by atoms with Gasteiger partial charge in [-0.2, -0.15) is 0 Å². The van der Waals surface area contributed by atoms with Crippen molar-refractivity contribution in [3.63, 3.8) is 0 Å². The number of likely N-dealkylation sites (tertiary alicyclic amines) is 1. The molecule has 1 saturated heterocycles. The number of benzene rings is 1. The number of ether oxygens (including phenoxy) is 1. The maximum absolute atomic E-state index is 12.0. The molecular formula is C17H26N2O2. The van der Waals surface area contributed by atoms with Crippen LogP contribution < -0.4 is 4.74 Å². The number of nitrogens with zero attached hydrogens (tertiary/aromatic N) is 2. The largest absolute Gasteiger partial charge is 0.494 e. The van der Waals surface area contributed by atoms with Crippen LogP contribution in [0.3, 0.4) is 0 Å². The van der Waals surface area contributed by atoms with Crippen molar-refractivity contribution in [2.24, 2.45) is 5.92 Å². The third-order valence-electron chi connectivity index (χ3n) is 4.21. The van der Waals surface area contributed by atoms with Gasteiger partial charge in [-0.05, 0) is 44.5 Å². The highest BCUT2D eigenvalue weighted by molar-refractivity contribution is 5.79. The second kappa shape index (κ2) is 6.94. The monoisotopic (exact) mass is 290 g/mol. The van der Waals surface area contributed by atoms with E-state index in [1.165, 1.54) is 5.56 Å². The predicted octanol–water partition coefficient (Wildman–Crippen LogP) is 2.73. The third kappa shape index (κ3) is 3.97. The van der Waals surface area contributed by atoms with Crippen molar-refractivity contribution in [1.29, 1.82) is 0 Å². The highest BCUT2D eigenvalue weighted by Gasteiger charge is 2.34. The molecule has 1 aromatic rings. The highest BCUT2D eigenvalue weighted by atomic mass is 16.5. The van der Waals surface area contributed by atoms with Gasteiger partial charge in [-0.25, -0.2) is 0 Å². The topological polar surface area (TPSA) is 32.8 Å². The van der Waals surface area contributed by atoms with Crippen LogP contribution in [-0.4, -0.2) is 42.1 Å². The summed E-state index contributed by atoms with van der Waals surface area (Å²) in [7, 11) is 2.06. The number of rotatable bonds is 6. The Morgan fingerprint density at radius 3 is 2.48 bits per heavy atom. The molecule has 4 nitrogen and oxygen atoms in total. The molecule has 1 fully saturated rings. The minimum absolute atomic E-state index is 0.272. The summed E-state index contributed by atoms with van der Waals surface area (Å²) in [5.74, 6) is 1.63. The summed E-state index contributed by atoms with van der Waals surface area (Å²) >= 11 is 0. The van der Waals surface area contributed by atoms with Crippen LogP contribution in [0.2, 0.25) is 0 Å². The zero-order valence-corrected chi connectivity index (χ0v) is 13.5. The van der Waals surface area contributed by atoms with Gasteiger partial charge in [0, 0.05) is 19.0 Å². The van der Waals surface area contributed by atoms with E-state index in [1.807, 2.05) is 24.0 Å². The maximum Gasteiger partial charge on any atom is 0.224 e. The van der Waals surface area contributed by atoms with E-state index in [9.17, 15) is 4.79 Å². The fraction of sp³-hybridized carbons (Fsp3) is 0.588. The molecule has 21 heavy (non-hydrogen) atoms. The minimum Gasteiger partial charge on any atom is -0.494 e. The van der Waals surface area contributed by atoms with Crippen LogP contribution >= 0.6 is 0 Å². The number of hydrogen-bond acceptors (Lipinski definition) is 3. The lowest BCUT2D eigenvalue weighted by Gasteiger charge is -2.29. The Morgan fingerprint density at radius 2 is 1.95 bits per heavy atom. The zero-order valence-electron chi connectivity index (χ0n) is 13.5. The Bertz CT molecular complexity index is 472. The summed E-state index contributed by atoms with van der Waals surface area (Å²) in [6.45, 7) is 8.48. The highest BCUT2D eigenvalue weighted by Crippen LogP contribution is 2.24. The number of amides is 1. The standard InChI is InChI=1S/C17H26N2O2/c1-5-21-16-8-6-15(7-9-16)11-18(4)12-19-14(3)13(2)10-17(19)20/h6-9,13-14H,5,10-12H2,1-4H3/t13-,14-/m1/s1. The van der Waals surface area contributed by atoms with Gasteiger partial charge < -0.3 is 9.64 Å². The first-order valence-corrected chi connectivity index (χ1v) is 7.71. The lowest BCUT2D eigenvalue weighted by Crippen LogP contribution is -2.40. The molecule has 1 aliphatic heterocycles. The van der Waals surface area contributed by atoms with E-state index in [4.69, 9.17) is 4.74 Å². The molecular weight excluding hydrogens is 264 g/mol. The van der Waals surface area contributed by atoms with Crippen LogP contribution in [0.5, 0.6) is 5.75 Å². The number of carbonyl (C=O) groups is 1. The summed E-state index contributed by atoms with van der Waals surface area (Å²) < 4.78 is 5.45. The molecule has 1 amide bonds. The minimum atomic E-state index is 0.272. The quantitative estimate of drug-likeness (QED) is 0.807. The van der Waals surface area contributed by atoms with Crippen LogP contribution in [0.1, 0.15) is 32.8 Å². The van der Waals surface area contributed by atoms with Gasteiger partial charge in [-0.1, -0.05) is 19.1 Å². The summed E-state index contributed by atoms with van der Waals surface area (Å²) in [6, 6.07) is 8.50. The van der Waals surface area contributed by atoms with E-state index in [0.717, 1.165) is 12.3 Å². The van der Waals surface area contributed by atoms with E-state index in [-0.39, 0.29) is 5.91 Å². The van der Waals surface area contributed by atoms with Crippen molar-refractivity contribution in [2.45, 2.75) is 39.8 Å². The Morgan fingerprint density at radius 1 is 1.29 bits per heavy atom. The molecule has 0 unspecified atom stereocenters. The Kier molecular flexibility index (Phi) is 5.23. The Balaban J connectivity index is 1.89. The second-order valence-electron chi connectivity index (χ2n) is 6.02. The van der Waals surface area contributed by atoms with Crippen LogP contribution in [-0.2, 0) is 11.3 Å². The molecule has 116 valence electrons. The van der Waals surface area contributed by atoms with Crippen molar-refractivity contribution >= 4 is 5.91 Å². The maximum atomic E-state index is 12.0. The first-order valence-electron chi connectivity index (χ1n) is 7.71. The smallest absolute Gasteiger partial charge is 0.224 e. The molecule has 1 aromatic carbocycles. The number of carbonyl (C=O) groups excluding carboxylic acids is 1. The van der Waals surface area contributed by atoms with Gasteiger partial charge >= 0.3 is 0 Å². The lowest BCUT2D eigenvalue weighted by atomic mass is 10.1. The Labute approximate surface area is 127 Å². The fourth-order valence-electron chi connectivity index (χ4n) is 2.78. The van der Waals surface area contributed by atoms with Crippen molar-refractivity contribution < 1.29 is 9.53 Å². The molecule has 1 heterocycles. The van der Waals surface area contributed by atoms with Crippen molar-refractivity contribution in [3.8, 4) is 5.75 Å². The molecule has 2 atom stereocenters. The van der Waals surface area contributed by atoms with Gasteiger partial charge in [-0.15, -0.1) is 0 Å². The van der Waals surface area contributed by atoms with Gasteiger partial charge in [0.15, 0.2) is 0 Å². The molecule has 0 saturated carbocycles. The van der Waals surface area contributed by atoms with Crippen LogP contribution in [0, 0.1) is 5.92 Å². The van der Waals surface area contributed by atoms with E-state index < -0.39 is 0 Å². The number of hydrogen-bond donors (Lipinski definition) is 0. The SMILES string of the molecule is CCOc1ccc(CN(C)CN2C(=O)C[C@@H](C)[C@H]2C)cc1.